The van der Waals surface area contributed by atoms with Gasteiger partial charge in [-0.15, -0.1) is 0 Å². The molecule has 3 N–H and O–H groups in total. The van der Waals surface area contributed by atoms with E-state index in [1.165, 1.54) is 11.1 Å². The topological polar surface area (TPSA) is 70.7 Å². The highest BCUT2D eigenvalue weighted by atomic mass is 16.2. The van der Waals surface area contributed by atoms with Crippen LogP contribution in [0.5, 0.6) is 0 Å². The molecule has 1 aromatic rings. The second-order valence-corrected chi connectivity index (χ2v) is 5.07. The highest BCUT2D eigenvalue weighted by molar-refractivity contribution is 6.04. The van der Waals surface area contributed by atoms with E-state index in [4.69, 9.17) is 5.73 Å². The van der Waals surface area contributed by atoms with Crippen LogP contribution in [0.15, 0.2) is 23.2 Å². The minimum atomic E-state index is -0.216. The van der Waals surface area contributed by atoms with Crippen molar-refractivity contribution in [2.45, 2.75) is 47.0 Å². The molecule has 0 saturated carbocycles. The second-order valence-electron chi connectivity index (χ2n) is 5.07. The summed E-state index contributed by atoms with van der Waals surface area (Å²) in [6, 6.07) is 5.99. The van der Waals surface area contributed by atoms with E-state index in [1.54, 1.807) is 4.90 Å². The number of rotatable bonds is 6. The number of nitrogens with one attached hydrogen (secondary N) is 1. The van der Waals surface area contributed by atoms with E-state index in [9.17, 15) is 4.79 Å². The van der Waals surface area contributed by atoms with E-state index < -0.39 is 0 Å². The van der Waals surface area contributed by atoms with Crippen molar-refractivity contribution in [2.24, 2.45) is 10.7 Å². The van der Waals surface area contributed by atoms with E-state index in [0.717, 1.165) is 24.9 Å². The van der Waals surface area contributed by atoms with Crippen LogP contribution in [0.1, 0.15) is 45.2 Å². The summed E-state index contributed by atoms with van der Waals surface area (Å²) in [5, 5.41) is 2.68. The minimum Gasteiger partial charge on any atom is -0.370 e. The summed E-state index contributed by atoms with van der Waals surface area (Å²) in [7, 11) is 0. The third kappa shape index (κ3) is 4.48. The van der Waals surface area contributed by atoms with Gasteiger partial charge in [0.15, 0.2) is 5.96 Å². The molecule has 0 heterocycles. The normalized spacial score (nSPS) is 11.4. The van der Waals surface area contributed by atoms with Crippen molar-refractivity contribution < 1.29 is 4.79 Å². The number of aliphatic imine (C=N–C) groups is 1. The Labute approximate surface area is 133 Å². The van der Waals surface area contributed by atoms with Gasteiger partial charge < -0.3 is 5.73 Å². The van der Waals surface area contributed by atoms with Gasteiger partial charge in [0.1, 0.15) is 0 Å². The van der Waals surface area contributed by atoms with Crippen LogP contribution in [0.3, 0.4) is 0 Å². The Balaban J connectivity index is 3.20. The Morgan fingerprint density at radius 1 is 1.18 bits per heavy atom. The molecule has 2 amide bonds. The number of hydrogen-bond donors (Lipinski definition) is 2. The lowest BCUT2D eigenvalue weighted by Gasteiger charge is -2.27. The van der Waals surface area contributed by atoms with Crippen molar-refractivity contribution in [3.63, 3.8) is 0 Å². The van der Waals surface area contributed by atoms with Crippen molar-refractivity contribution in [3.05, 3.63) is 29.3 Å². The number of para-hydroxylation sites is 1. The van der Waals surface area contributed by atoms with Gasteiger partial charge in [-0.3, -0.25) is 15.2 Å². The Morgan fingerprint density at radius 3 is 2.23 bits per heavy atom. The van der Waals surface area contributed by atoms with Crippen LogP contribution in [-0.4, -0.2) is 25.1 Å². The zero-order valence-corrected chi connectivity index (χ0v) is 14.1. The standard InChI is InChI=1S/C17H28N4O/c1-5-12-21(17(22)20-16(18)19-8-4)15-13(6-2)10-9-11-14(15)7-3/h9-11H,5-8,12H2,1-4H3,(H3,18,19,20,22). The van der Waals surface area contributed by atoms with Crippen LogP contribution in [-0.2, 0) is 12.8 Å². The average Bonchev–Trinajstić information content (AvgIpc) is 2.51. The molecular weight excluding hydrogens is 276 g/mol. The third-order valence-corrected chi connectivity index (χ3v) is 3.49. The smallest absolute Gasteiger partial charge is 0.328 e. The van der Waals surface area contributed by atoms with Crippen LogP contribution in [0, 0.1) is 0 Å². The highest BCUT2D eigenvalue weighted by Crippen LogP contribution is 2.27. The first kappa shape index (κ1) is 18.0. The van der Waals surface area contributed by atoms with E-state index in [-0.39, 0.29) is 12.0 Å². The maximum Gasteiger partial charge on any atom is 0.328 e. The van der Waals surface area contributed by atoms with Crippen molar-refractivity contribution in [3.8, 4) is 0 Å². The fourth-order valence-electron chi connectivity index (χ4n) is 2.49. The SMILES string of the molecule is CCCN(C(=O)NC(N)=NCC)c1c(CC)cccc1CC. The number of aryl methyl sites for hydroxylation is 2. The molecule has 0 unspecified atom stereocenters. The Kier molecular flexibility index (Phi) is 7.43. The molecule has 5 heteroatoms. The predicted octanol–water partition coefficient (Wildman–Crippen LogP) is 3.07. The molecule has 1 rings (SSSR count). The van der Waals surface area contributed by atoms with Gasteiger partial charge in [0.25, 0.3) is 0 Å². The van der Waals surface area contributed by atoms with Gasteiger partial charge in [0, 0.05) is 13.1 Å². The maximum atomic E-state index is 12.6. The number of carbonyl (C=O) groups is 1. The van der Waals surface area contributed by atoms with Crippen molar-refractivity contribution in [2.75, 3.05) is 18.0 Å². The van der Waals surface area contributed by atoms with Crippen molar-refractivity contribution in [1.82, 2.24) is 5.32 Å². The molecule has 0 saturated heterocycles. The lowest BCUT2D eigenvalue weighted by atomic mass is 10.0. The third-order valence-electron chi connectivity index (χ3n) is 3.49. The molecule has 0 bridgehead atoms. The van der Waals surface area contributed by atoms with Gasteiger partial charge in [-0.05, 0) is 37.3 Å². The molecule has 0 fully saturated rings. The van der Waals surface area contributed by atoms with Crippen molar-refractivity contribution >= 4 is 17.7 Å². The van der Waals surface area contributed by atoms with Crippen LogP contribution in [0.2, 0.25) is 0 Å². The maximum absolute atomic E-state index is 12.6. The van der Waals surface area contributed by atoms with Gasteiger partial charge in [-0.25, -0.2) is 4.79 Å². The summed E-state index contributed by atoms with van der Waals surface area (Å²) in [5.74, 6) is 0.167. The second kappa shape index (κ2) is 9.07. The number of carbonyl (C=O) groups excluding carboxylic acids is 1. The number of anilines is 1. The monoisotopic (exact) mass is 304 g/mol. The van der Waals surface area contributed by atoms with Crippen LogP contribution in [0.25, 0.3) is 0 Å². The molecule has 122 valence electrons. The molecule has 5 nitrogen and oxygen atoms in total. The number of amides is 2. The number of urea groups is 1. The summed E-state index contributed by atoms with van der Waals surface area (Å²) in [4.78, 5) is 18.4. The molecular formula is C17H28N4O. The van der Waals surface area contributed by atoms with Crippen molar-refractivity contribution in [1.29, 1.82) is 0 Å². The zero-order valence-electron chi connectivity index (χ0n) is 14.1. The number of benzene rings is 1. The molecule has 0 atom stereocenters. The summed E-state index contributed by atoms with van der Waals surface area (Å²) in [6.07, 6.45) is 2.64. The van der Waals surface area contributed by atoms with Gasteiger partial charge in [-0.2, -0.15) is 0 Å². The fourth-order valence-corrected chi connectivity index (χ4v) is 2.49. The first-order chi connectivity index (χ1) is 10.6. The lowest BCUT2D eigenvalue weighted by Crippen LogP contribution is -2.47. The largest absolute Gasteiger partial charge is 0.370 e. The number of hydrogen-bond acceptors (Lipinski definition) is 2. The van der Waals surface area contributed by atoms with Crippen LogP contribution in [0.4, 0.5) is 10.5 Å². The molecule has 22 heavy (non-hydrogen) atoms. The van der Waals surface area contributed by atoms with Gasteiger partial charge >= 0.3 is 6.03 Å². The molecule has 1 aromatic carbocycles. The summed E-state index contributed by atoms with van der Waals surface area (Å²) < 4.78 is 0. The lowest BCUT2D eigenvalue weighted by molar-refractivity contribution is 0.250. The van der Waals surface area contributed by atoms with Crippen LogP contribution < -0.4 is 16.0 Å². The first-order valence-electron chi connectivity index (χ1n) is 8.08. The molecule has 0 aliphatic rings. The molecule has 0 aliphatic heterocycles. The van der Waals surface area contributed by atoms with E-state index >= 15 is 0 Å². The molecule has 0 spiro atoms. The average molecular weight is 304 g/mol. The minimum absolute atomic E-state index is 0.167. The number of nitrogens with two attached hydrogens (primary N) is 1. The molecule has 0 aliphatic carbocycles. The fraction of sp³-hybridized carbons (Fsp3) is 0.529. The highest BCUT2D eigenvalue weighted by Gasteiger charge is 2.20. The van der Waals surface area contributed by atoms with Gasteiger partial charge in [0.05, 0.1) is 5.69 Å². The van der Waals surface area contributed by atoms with Gasteiger partial charge in [-0.1, -0.05) is 39.0 Å². The predicted molar refractivity (Wildman–Crippen MR) is 93.5 cm³/mol. The summed E-state index contributed by atoms with van der Waals surface area (Å²) in [5.41, 5.74) is 9.09. The van der Waals surface area contributed by atoms with Gasteiger partial charge in [0.2, 0.25) is 0 Å². The van der Waals surface area contributed by atoms with E-state index in [1.807, 2.05) is 6.92 Å². The van der Waals surface area contributed by atoms with E-state index in [2.05, 4.69) is 49.3 Å². The molecule has 0 radical (unpaired) electrons. The van der Waals surface area contributed by atoms with Crippen LogP contribution >= 0.6 is 0 Å². The zero-order chi connectivity index (χ0) is 16.5. The van der Waals surface area contributed by atoms with E-state index in [0.29, 0.717) is 13.1 Å². The summed E-state index contributed by atoms with van der Waals surface area (Å²) in [6.45, 7) is 9.34. The quantitative estimate of drug-likeness (QED) is 0.626. The Hall–Kier alpha value is -2.04. The first-order valence-corrected chi connectivity index (χ1v) is 8.08. The number of guanidine groups is 1. The summed E-state index contributed by atoms with van der Waals surface area (Å²) >= 11 is 0. The Bertz CT molecular complexity index is 503. The number of nitrogens with zero attached hydrogens (tertiary/aromatic N) is 2. The molecule has 0 aromatic heterocycles. The Morgan fingerprint density at radius 2 is 1.77 bits per heavy atom.